The fourth-order valence-electron chi connectivity index (χ4n) is 1.94. The van der Waals surface area contributed by atoms with Crippen molar-refractivity contribution >= 4 is 29.4 Å². The lowest BCUT2D eigenvalue weighted by Gasteiger charge is -2.18. The van der Waals surface area contributed by atoms with Crippen LogP contribution in [0.15, 0.2) is 4.79 Å². The van der Waals surface area contributed by atoms with Crippen molar-refractivity contribution in [3.05, 3.63) is 10.4 Å². The van der Waals surface area contributed by atoms with Crippen LogP contribution in [0.3, 0.4) is 0 Å². The van der Waals surface area contributed by atoms with Crippen molar-refractivity contribution in [2.24, 2.45) is 5.92 Å². The first-order chi connectivity index (χ1) is 9.40. The Labute approximate surface area is 112 Å². The largest absolute Gasteiger partial charge is 0.481 e. The number of rotatable bonds is 5. The first-order valence-electron chi connectivity index (χ1n) is 5.74. The molecule has 0 aromatic carbocycles. The zero-order valence-corrected chi connectivity index (χ0v) is 10.3. The Morgan fingerprint density at radius 3 is 2.65 bits per heavy atom. The van der Waals surface area contributed by atoms with Crippen LogP contribution in [0.2, 0.25) is 0 Å². The van der Waals surface area contributed by atoms with Gasteiger partial charge in [0.15, 0.2) is 11.7 Å². The fourth-order valence-corrected chi connectivity index (χ4v) is 1.94. The predicted molar refractivity (Wildman–Crippen MR) is 68.5 cm³/mol. The topological polar surface area (TPSA) is 162 Å². The van der Waals surface area contributed by atoms with Crippen LogP contribution in [0.1, 0.15) is 6.42 Å². The minimum atomic E-state index is -1.50. The number of anilines is 3. The van der Waals surface area contributed by atoms with E-state index in [-0.39, 0.29) is 31.3 Å². The average Bonchev–Trinajstić information content (AvgIpc) is 2.72. The van der Waals surface area contributed by atoms with Crippen LogP contribution in [-0.2, 0) is 9.59 Å². The molecule has 0 atom stereocenters. The van der Waals surface area contributed by atoms with Crippen LogP contribution in [0.25, 0.3) is 0 Å². The highest BCUT2D eigenvalue weighted by molar-refractivity contribution is 5.92. The second kappa shape index (κ2) is 5.07. The zero-order chi connectivity index (χ0) is 14.9. The number of carbonyl (C=O) groups is 2. The number of nitrogens with one attached hydrogen (secondary N) is 2. The lowest BCUT2D eigenvalue weighted by molar-refractivity contribution is -0.154. The Kier molecular flexibility index (Phi) is 3.46. The molecule has 1 aliphatic rings. The molecular weight excluding hydrogens is 270 g/mol. The number of H-pyrrole nitrogens is 1. The molecule has 1 aromatic rings. The van der Waals surface area contributed by atoms with Crippen molar-refractivity contribution in [2.75, 3.05) is 29.2 Å². The predicted octanol–water partition coefficient (Wildman–Crippen LogP) is -1.28. The van der Waals surface area contributed by atoms with Gasteiger partial charge in [0.25, 0.3) is 5.56 Å². The lowest BCUT2D eigenvalue weighted by atomic mass is 10.1. The van der Waals surface area contributed by atoms with Gasteiger partial charge in [-0.05, 0) is 6.42 Å². The molecule has 0 spiro atoms. The third kappa shape index (κ3) is 2.48. The van der Waals surface area contributed by atoms with E-state index >= 15 is 0 Å². The highest BCUT2D eigenvalue weighted by Gasteiger charge is 2.29. The van der Waals surface area contributed by atoms with E-state index in [1.54, 1.807) is 4.90 Å². The second-order valence-electron chi connectivity index (χ2n) is 4.27. The van der Waals surface area contributed by atoms with Crippen LogP contribution in [0.5, 0.6) is 0 Å². The minimum absolute atomic E-state index is 0.0598. The summed E-state index contributed by atoms with van der Waals surface area (Å²) in [6.07, 6.45) is -0.111. The number of aliphatic carboxylic acids is 2. The number of nitrogens with two attached hydrogens (primary N) is 1. The Bertz CT molecular complexity index is 599. The third-order valence-electron chi connectivity index (χ3n) is 2.95. The van der Waals surface area contributed by atoms with E-state index in [2.05, 4.69) is 15.3 Å². The van der Waals surface area contributed by atoms with Gasteiger partial charge in [-0.2, -0.15) is 4.98 Å². The number of carboxylic acids is 2. The van der Waals surface area contributed by atoms with Crippen LogP contribution in [-0.4, -0.2) is 45.3 Å². The molecule has 0 aliphatic carbocycles. The summed E-state index contributed by atoms with van der Waals surface area (Å²) in [5, 5.41) is 20.4. The summed E-state index contributed by atoms with van der Waals surface area (Å²) < 4.78 is 0. The van der Waals surface area contributed by atoms with Crippen molar-refractivity contribution < 1.29 is 19.8 Å². The first kappa shape index (κ1) is 13.6. The lowest BCUT2D eigenvalue weighted by Crippen LogP contribution is -2.31. The van der Waals surface area contributed by atoms with Crippen molar-refractivity contribution in [2.45, 2.75) is 6.42 Å². The maximum Gasteiger partial charge on any atom is 0.317 e. The molecule has 0 amide bonds. The van der Waals surface area contributed by atoms with Gasteiger partial charge in [0.2, 0.25) is 5.95 Å². The van der Waals surface area contributed by atoms with E-state index in [1.807, 2.05) is 0 Å². The van der Waals surface area contributed by atoms with E-state index in [0.717, 1.165) is 0 Å². The van der Waals surface area contributed by atoms with E-state index < -0.39 is 23.4 Å². The Morgan fingerprint density at radius 2 is 2.05 bits per heavy atom. The number of aromatic amines is 1. The quantitative estimate of drug-likeness (QED) is 0.414. The maximum atomic E-state index is 11.6. The van der Waals surface area contributed by atoms with Gasteiger partial charge >= 0.3 is 11.9 Å². The summed E-state index contributed by atoms with van der Waals surface area (Å²) in [5.74, 6) is -4.07. The molecule has 2 rings (SSSR count). The number of aromatic nitrogens is 2. The Hall–Kier alpha value is -2.78. The molecule has 0 bridgehead atoms. The number of hydrogen-bond acceptors (Lipinski definition) is 7. The number of nitrogen functional groups attached to an aromatic ring is 1. The van der Waals surface area contributed by atoms with E-state index in [4.69, 9.17) is 15.9 Å². The van der Waals surface area contributed by atoms with Crippen molar-refractivity contribution in [3.63, 3.8) is 0 Å². The molecule has 0 saturated carbocycles. The summed E-state index contributed by atoms with van der Waals surface area (Å²) >= 11 is 0. The van der Waals surface area contributed by atoms with Crippen LogP contribution >= 0.6 is 0 Å². The third-order valence-corrected chi connectivity index (χ3v) is 2.95. The molecule has 108 valence electrons. The average molecular weight is 283 g/mol. The SMILES string of the molecule is Nc1nc2c(c(=O)[nH]1)NCN2CCC(C(=O)O)C(=O)O. The summed E-state index contributed by atoms with van der Waals surface area (Å²) in [5.41, 5.74) is 5.25. The van der Waals surface area contributed by atoms with E-state index in [9.17, 15) is 14.4 Å². The van der Waals surface area contributed by atoms with Gasteiger partial charge < -0.3 is 26.2 Å². The molecule has 0 fully saturated rings. The van der Waals surface area contributed by atoms with Gasteiger partial charge in [0, 0.05) is 6.54 Å². The molecule has 6 N–H and O–H groups in total. The minimum Gasteiger partial charge on any atom is -0.481 e. The zero-order valence-electron chi connectivity index (χ0n) is 10.3. The van der Waals surface area contributed by atoms with Gasteiger partial charge in [-0.3, -0.25) is 19.4 Å². The normalized spacial score (nSPS) is 13.2. The van der Waals surface area contributed by atoms with E-state index in [0.29, 0.717) is 5.82 Å². The number of carboxylic acid groups (broad SMARTS) is 2. The summed E-state index contributed by atoms with van der Waals surface area (Å²) in [4.78, 5) is 41.0. The molecule has 2 heterocycles. The first-order valence-corrected chi connectivity index (χ1v) is 5.74. The number of nitrogens with zero attached hydrogens (tertiary/aromatic N) is 2. The van der Waals surface area contributed by atoms with Gasteiger partial charge in [0.05, 0.1) is 6.67 Å². The van der Waals surface area contributed by atoms with Crippen LogP contribution < -0.4 is 21.5 Å². The summed E-state index contributed by atoms with van der Waals surface area (Å²) in [6, 6.07) is 0. The van der Waals surface area contributed by atoms with Gasteiger partial charge in [-0.25, -0.2) is 0 Å². The molecule has 20 heavy (non-hydrogen) atoms. The standard InChI is InChI=1S/C10H13N5O5/c11-10-13-6-5(7(16)14-10)12-3-15(6)2-1-4(8(17)18)9(19)20/h4,12H,1-3H2,(H,17,18)(H,19,20)(H3,11,13,14,16). The van der Waals surface area contributed by atoms with Crippen molar-refractivity contribution in [3.8, 4) is 0 Å². The number of hydrogen-bond donors (Lipinski definition) is 5. The monoisotopic (exact) mass is 283 g/mol. The molecule has 0 saturated heterocycles. The smallest absolute Gasteiger partial charge is 0.317 e. The maximum absolute atomic E-state index is 11.6. The number of fused-ring (bicyclic) bond motifs is 1. The van der Waals surface area contributed by atoms with Crippen molar-refractivity contribution in [1.82, 2.24) is 9.97 Å². The van der Waals surface area contributed by atoms with Crippen LogP contribution in [0.4, 0.5) is 17.5 Å². The van der Waals surface area contributed by atoms with Crippen LogP contribution in [0, 0.1) is 5.92 Å². The molecule has 1 aromatic heterocycles. The Balaban J connectivity index is 2.13. The molecule has 10 heteroatoms. The molecular formula is C10H13N5O5. The molecule has 10 nitrogen and oxygen atoms in total. The summed E-state index contributed by atoms with van der Waals surface area (Å²) in [7, 11) is 0. The highest BCUT2D eigenvalue weighted by atomic mass is 16.4. The molecule has 1 aliphatic heterocycles. The molecule has 0 radical (unpaired) electrons. The van der Waals surface area contributed by atoms with E-state index in [1.165, 1.54) is 0 Å². The van der Waals surface area contributed by atoms with Gasteiger partial charge in [0.1, 0.15) is 5.69 Å². The Morgan fingerprint density at radius 1 is 1.40 bits per heavy atom. The van der Waals surface area contributed by atoms with Gasteiger partial charge in [-0.1, -0.05) is 0 Å². The molecule has 0 unspecified atom stereocenters. The second-order valence-corrected chi connectivity index (χ2v) is 4.27. The summed E-state index contributed by atoms with van der Waals surface area (Å²) in [6.45, 7) is 0.361. The van der Waals surface area contributed by atoms with Gasteiger partial charge in [-0.15, -0.1) is 0 Å². The fraction of sp³-hybridized carbons (Fsp3) is 0.400. The highest BCUT2D eigenvalue weighted by Crippen LogP contribution is 2.26. The van der Waals surface area contributed by atoms with Crippen molar-refractivity contribution in [1.29, 1.82) is 0 Å².